The van der Waals surface area contributed by atoms with Crippen LogP contribution in [0.2, 0.25) is 0 Å². The van der Waals surface area contributed by atoms with E-state index in [-0.39, 0.29) is 11.7 Å². The number of dihydropyridines is 1. The van der Waals surface area contributed by atoms with Crippen molar-refractivity contribution in [3.8, 4) is 5.69 Å². The number of allylic oxidation sites excluding steroid dienone is 1. The quantitative estimate of drug-likeness (QED) is 0.208. The molecule has 0 saturated carbocycles. The predicted molar refractivity (Wildman–Crippen MR) is 175 cm³/mol. The minimum Gasteiger partial charge on any atom is -0.399 e. The zero-order valence-corrected chi connectivity index (χ0v) is 24.1. The standard InChI is InChI=1S/C36H35N5O/c1-4-25-18-32-27(15-16-38-33(32)20-26(25)5-2)17-24-11-14-35(39-22-24)40-23(3)31-19-28-12-13-29(37)21-34(28)41(36(31)42)30-9-7-6-8-10-30/h6-13,15-16,18-22,35,40H,3-5,14,17,37H2,1-2H3. The van der Waals surface area contributed by atoms with Gasteiger partial charge < -0.3 is 11.1 Å². The van der Waals surface area contributed by atoms with Crippen molar-refractivity contribution in [2.75, 3.05) is 5.73 Å². The largest absolute Gasteiger partial charge is 0.399 e. The lowest BCUT2D eigenvalue weighted by atomic mass is 9.95. The molecule has 1 aliphatic heterocycles. The molecule has 0 saturated heterocycles. The number of hydrogen-bond acceptors (Lipinski definition) is 5. The maximum absolute atomic E-state index is 13.8. The smallest absolute Gasteiger partial charge is 0.264 e. The highest BCUT2D eigenvalue weighted by Gasteiger charge is 2.17. The molecule has 3 N–H and O–H groups in total. The van der Waals surface area contributed by atoms with Crippen LogP contribution in [0.5, 0.6) is 0 Å². The highest BCUT2D eigenvalue weighted by molar-refractivity contribution is 5.88. The summed E-state index contributed by atoms with van der Waals surface area (Å²) in [7, 11) is 0. The van der Waals surface area contributed by atoms with E-state index in [0.29, 0.717) is 23.4 Å². The number of nitrogens with two attached hydrogens (primary N) is 1. The number of nitrogens with zero attached hydrogens (tertiary/aromatic N) is 3. The lowest BCUT2D eigenvalue weighted by Crippen LogP contribution is -2.31. The van der Waals surface area contributed by atoms with Gasteiger partial charge in [0, 0.05) is 41.3 Å². The summed E-state index contributed by atoms with van der Waals surface area (Å²) in [6, 6.07) is 23.7. The molecule has 6 heteroatoms. The van der Waals surface area contributed by atoms with Crippen LogP contribution in [0.25, 0.3) is 33.2 Å². The molecular formula is C36H35N5O. The number of pyridine rings is 2. The van der Waals surface area contributed by atoms with Gasteiger partial charge in [-0.05, 0) is 95.4 Å². The number of nitrogen functional groups attached to an aromatic ring is 1. The molecule has 1 unspecified atom stereocenters. The van der Waals surface area contributed by atoms with Crippen molar-refractivity contribution in [2.45, 2.75) is 45.7 Å². The molecule has 6 nitrogen and oxygen atoms in total. The molecule has 0 bridgehead atoms. The van der Waals surface area contributed by atoms with E-state index in [1.165, 1.54) is 27.6 Å². The van der Waals surface area contributed by atoms with Crippen molar-refractivity contribution in [3.05, 3.63) is 130 Å². The van der Waals surface area contributed by atoms with Crippen molar-refractivity contribution >= 4 is 39.4 Å². The number of fused-ring (bicyclic) bond motifs is 2. The van der Waals surface area contributed by atoms with Crippen LogP contribution < -0.4 is 16.6 Å². The fourth-order valence-electron chi connectivity index (χ4n) is 5.80. The van der Waals surface area contributed by atoms with E-state index in [1.807, 2.05) is 67.0 Å². The first-order valence-corrected chi connectivity index (χ1v) is 14.5. The van der Waals surface area contributed by atoms with Gasteiger partial charge in [0.05, 0.1) is 16.6 Å². The van der Waals surface area contributed by atoms with E-state index in [0.717, 1.165) is 41.4 Å². The monoisotopic (exact) mass is 553 g/mol. The second kappa shape index (κ2) is 11.5. The summed E-state index contributed by atoms with van der Waals surface area (Å²) < 4.78 is 1.70. The van der Waals surface area contributed by atoms with Crippen LogP contribution >= 0.6 is 0 Å². The molecule has 0 spiro atoms. The second-order valence-corrected chi connectivity index (χ2v) is 10.8. The van der Waals surface area contributed by atoms with Gasteiger partial charge in [-0.25, -0.2) is 0 Å². The Balaban J connectivity index is 1.23. The molecule has 2 aromatic heterocycles. The maximum Gasteiger partial charge on any atom is 0.264 e. The number of nitrogens with one attached hydrogen (secondary N) is 1. The number of para-hydroxylation sites is 1. The third kappa shape index (κ3) is 5.23. The van der Waals surface area contributed by atoms with E-state index >= 15 is 0 Å². The molecule has 3 aromatic carbocycles. The van der Waals surface area contributed by atoms with Gasteiger partial charge in [0.25, 0.3) is 5.56 Å². The van der Waals surface area contributed by atoms with Crippen LogP contribution in [-0.4, -0.2) is 21.9 Å². The van der Waals surface area contributed by atoms with Crippen LogP contribution in [-0.2, 0) is 19.3 Å². The lowest BCUT2D eigenvalue weighted by molar-refractivity contribution is 0.628. The summed E-state index contributed by atoms with van der Waals surface area (Å²) in [6.07, 6.45) is 9.36. The molecule has 0 amide bonds. The van der Waals surface area contributed by atoms with Crippen LogP contribution in [0.4, 0.5) is 5.69 Å². The van der Waals surface area contributed by atoms with E-state index < -0.39 is 0 Å². The molecule has 6 rings (SSSR count). The molecule has 42 heavy (non-hydrogen) atoms. The van der Waals surface area contributed by atoms with Gasteiger partial charge in [0.2, 0.25) is 0 Å². The highest BCUT2D eigenvalue weighted by atomic mass is 16.1. The maximum atomic E-state index is 13.8. The Morgan fingerprint density at radius 3 is 2.52 bits per heavy atom. The number of anilines is 1. The molecule has 0 fully saturated rings. The Bertz CT molecular complexity index is 1930. The summed E-state index contributed by atoms with van der Waals surface area (Å²) in [5.41, 5.74) is 15.3. The third-order valence-electron chi connectivity index (χ3n) is 8.04. The van der Waals surface area contributed by atoms with Gasteiger partial charge in [0.1, 0.15) is 6.17 Å². The topological polar surface area (TPSA) is 85.3 Å². The molecule has 3 heterocycles. The summed E-state index contributed by atoms with van der Waals surface area (Å²) in [6.45, 7) is 8.64. The van der Waals surface area contributed by atoms with Crippen molar-refractivity contribution in [3.63, 3.8) is 0 Å². The van der Waals surface area contributed by atoms with E-state index in [4.69, 9.17) is 10.7 Å². The van der Waals surface area contributed by atoms with Gasteiger partial charge in [-0.3, -0.25) is 19.3 Å². The van der Waals surface area contributed by atoms with Crippen molar-refractivity contribution in [2.24, 2.45) is 4.99 Å². The molecule has 1 aliphatic rings. The van der Waals surface area contributed by atoms with Crippen LogP contribution in [0.15, 0.2) is 107 Å². The molecule has 210 valence electrons. The zero-order valence-electron chi connectivity index (χ0n) is 24.1. The van der Waals surface area contributed by atoms with Crippen LogP contribution in [0.1, 0.15) is 42.5 Å². The van der Waals surface area contributed by atoms with E-state index in [2.05, 4.69) is 55.0 Å². The van der Waals surface area contributed by atoms with Crippen LogP contribution in [0.3, 0.4) is 0 Å². The first-order chi connectivity index (χ1) is 20.4. The van der Waals surface area contributed by atoms with E-state index in [1.54, 1.807) is 4.57 Å². The summed E-state index contributed by atoms with van der Waals surface area (Å²) in [4.78, 5) is 23.2. The summed E-state index contributed by atoms with van der Waals surface area (Å²) in [5.74, 6) is 0. The van der Waals surface area contributed by atoms with Crippen molar-refractivity contribution in [1.82, 2.24) is 14.9 Å². The van der Waals surface area contributed by atoms with Gasteiger partial charge in [0.15, 0.2) is 0 Å². The van der Waals surface area contributed by atoms with Gasteiger partial charge in [-0.2, -0.15) is 0 Å². The third-order valence-corrected chi connectivity index (χ3v) is 8.04. The highest BCUT2D eigenvalue weighted by Crippen LogP contribution is 2.26. The fraction of sp³-hybridized carbons (Fsp3) is 0.194. The number of aliphatic imine (C=N–C) groups is 1. The minimum atomic E-state index is -0.207. The summed E-state index contributed by atoms with van der Waals surface area (Å²) >= 11 is 0. The second-order valence-electron chi connectivity index (χ2n) is 10.8. The zero-order chi connectivity index (χ0) is 29.2. The Labute approximate surface area is 245 Å². The first-order valence-electron chi connectivity index (χ1n) is 14.5. The van der Waals surface area contributed by atoms with E-state index in [9.17, 15) is 4.79 Å². The molecule has 0 aliphatic carbocycles. The number of aryl methyl sites for hydroxylation is 2. The van der Waals surface area contributed by atoms with Gasteiger partial charge >= 0.3 is 0 Å². The SMILES string of the molecule is C=C(NC1CC=C(Cc2ccnc3cc(CC)c(CC)cc23)C=N1)c1cc2ccc(N)cc2n(-c2ccccc2)c1=O. The lowest BCUT2D eigenvalue weighted by Gasteiger charge is -2.21. The van der Waals surface area contributed by atoms with Crippen molar-refractivity contribution < 1.29 is 0 Å². The molecular weight excluding hydrogens is 518 g/mol. The Kier molecular flexibility index (Phi) is 7.44. The van der Waals surface area contributed by atoms with Crippen molar-refractivity contribution in [1.29, 1.82) is 0 Å². The van der Waals surface area contributed by atoms with Gasteiger partial charge in [-0.1, -0.05) is 50.8 Å². The number of hydrogen-bond donors (Lipinski definition) is 2. The Hall–Kier alpha value is -4.97. The predicted octanol–water partition coefficient (Wildman–Crippen LogP) is 6.78. The molecule has 1 atom stereocenters. The normalized spacial score (nSPS) is 14.7. The number of rotatable bonds is 8. The van der Waals surface area contributed by atoms with Gasteiger partial charge in [-0.15, -0.1) is 0 Å². The number of benzene rings is 3. The average molecular weight is 554 g/mol. The number of aromatic nitrogens is 2. The first kappa shape index (κ1) is 27.2. The molecule has 0 radical (unpaired) electrons. The Morgan fingerprint density at radius 1 is 1.00 bits per heavy atom. The Morgan fingerprint density at radius 2 is 1.79 bits per heavy atom. The summed E-state index contributed by atoms with van der Waals surface area (Å²) in [5, 5.41) is 5.50. The average Bonchev–Trinajstić information content (AvgIpc) is 3.01. The molecule has 5 aromatic rings. The minimum absolute atomic E-state index is 0.157. The van der Waals surface area contributed by atoms with Crippen LogP contribution in [0, 0.1) is 0 Å². The fourth-order valence-corrected chi connectivity index (χ4v) is 5.80.